The molecule has 0 aliphatic heterocycles. The van der Waals surface area contributed by atoms with Crippen molar-refractivity contribution in [3.05, 3.63) is 80.8 Å². The Morgan fingerprint density at radius 3 is 2.23 bits per heavy atom. The third kappa shape index (κ3) is 5.00. The summed E-state index contributed by atoms with van der Waals surface area (Å²) in [5.41, 5.74) is 1.85. The molecule has 0 aliphatic carbocycles. The van der Waals surface area contributed by atoms with Gasteiger partial charge in [-0.25, -0.2) is 18.4 Å². The fourth-order valence-corrected chi connectivity index (χ4v) is 4.50. The molecule has 35 heavy (non-hydrogen) atoms. The minimum Gasteiger partial charge on any atom is -0.336 e. The Morgan fingerprint density at radius 2 is 1.63 bits per heavy atom. The van der Waals surface area contributed by atoms with Crippen LogP contribution in [0.25, 0.3) is 34.0 Å². The fraction of sp³-hybridized carbons (Fsp3) is 0.130. The number of nitrogens with zero attached hydrogens (tertiary/aromatic N) is 3. The Labute approximate surface area is 211 Å². The van der Waals surface area contributed by atoms with Gasteiger partial charge < -0.3 is 4.98 Å². The number of aromatic amines is 1. The maximum Gasteiger partial charge on any atom is 0.312 e. The second-order valence-electron chi connectivity index (χ2n) is 7.79. The van der Waals surface area contributed by atoms with E-state index in [-0.39, 0.29) is 5.69 Å². The van der Waals surface area contributed by atoms with E-state index >= 15 is 0 Å². The average molecular weight is 532 g/mol. The molecule has 2 heterocycles. The van der Waals surface area contributed by atoms with Gasteiger partial charge in [0.1, 0.15) is 5.82 Å². The summed E-state index contributed by atoms with van der Waals surface area (Å²) in [5.74, 6) is -0.0361. The maximum atomic E-state index is 12.5. The molecule has 0 aliphatic rings. The lowest BCUT2D eigenvalue weighted by atomic mass is 10.1. The molecule has 4 rings (SSSR count). The molecule has 2 N–H and O–H groups in total. The van der Waals surface area contributed by atoms with Gasteiger partial charge in [0.2, 0.25) is 15.8 Å². The van der Waals surface area contributed by atoms with Gasteiger partial charge in [0.05, 0.1) is 42.9 Å². The normalized spacial score (nSPS) is 11.6. The van der Waals surface area contributed by atoms with Crippen LogP contribution in [0.1, 0.15) is 13.8 Å². The smallest absolute Gasteiger partial charge is 0.312 e. The number of pyridine rings is 1. The van der Waals surface area contributed by atoms with E-state index in [0.717, 1.165) is 5.56 Å². The van der Waals surface area contributed by atoms with E-state index in [1.165, 1.54) is 26.0 Å². The molecule has 0 spiro atoms. The van der Waals surface area contributed by atoms with Gasteiger partial charge in [0.15, 0.2) is 0 Å². The average Bonchev–Trinajstić information content (AvgIpc) is 3.24. The molecular weight excluding hydrogens is 513 g/mol. The Bertz CT molecular complexity index is 1500. The number of sulfonamides is 1. The summed E-state index contributed by atoms with van der Waals surface area (Å²) in [4.78, 5) is 23.0. The summed E-state index contributed by atoms with van der Waals surface area (Å²) < 4.78 is 27.1. The van der Waals surface area contributed by atoms with Crippen LogP contribution in [-0.4, -0.2) is 33.5 Å². The number of rotatable bonds is 7. The first-order valence-corrected chi connectivity index (χ1v) is 12.7. The number of aromatic nitrogens is 3. The molecule has 0 atom stereocenters. The van der Waals surface area contributed by atoms with E-state index < -0.39 is 31.7 Å². The lowest BCUT2D eigenvalue weighted by Crippen LogP contribution is -2.23. The lowest BCUT2D eigenvalue weighted by Gasteiger charge is -2.11. The molecule has 0 bridgehead atoms. The van der Waals surface area contributed by atoms with Crippen molar-refractivity contribution < 1.29 is 13.3 Å². The Hall–Kier alpha value is -3.47. The van der Waals surface area contributed by atoms with Crippen molar-refractivity contribution in [1.82, 2.24) is 15.0 Å². The molecule has 0 saturated heterocycles. The second-order valence-corrected chi connectivity index (χ2v) is 10.8. The van der Waals surface area contributed by atoms with Crippen molar-refractivity contribution in [2.75, 3.05) is 4.72 Å². The van der Waals surface area contributed by atoms with E-state index in [2.05, 4.69) is 14.7 Å². The highest BCUT2D eigenvalue weighted by Gasteiger charge is 2.26. The number of halogens is 2. The molecular formula is C23H19Cl2N5O4S. The first-order chi connectivity index (χ1) is 16.6. The summed E-state index contributed by atoms with van der Waals surface area (Å²) in [7, 11) is -3.90. The number of hydrogen-bond acceptors (Lipinski definition) is 6. The van der Waals surface area contributed by atoms with E-state index in [9.17, 15) is 18.5 Å². The van der Waals surface area contributed by atoms with Crippen LogP contribution in [0.5, 0.6) is 0 Å². The predicted molar refractivity (Wildman–Crippen MR) is 137 cm³/mol. The highest BCUT2D eigenvalue weighted by molar-refractivity contribution is 7.93. The van der Waals surface area contributed by atoms with E-state index in [1.807, 2.05) is 30.3 Å². The molecule has 0 amide bonds. The van der Waals surface area contributed by atoms with Crippen molar-refractivity contribution in [2.45, 2.75) is 19.1 Å². The molecule has 9 nitrogen and oxygen atoms in total. The summed E-state index contributed by atoms with van der Waals surface area (Å²) in [6.45, 7) is 2.92. The number of anilines is 1. The van der Waals surface area contributed by atoms with Gasteiger partial charge in [-0.15, -0.1) is 0 Å². The first-order valence-electron chi connectivity index (χ1n) is 10.4. The highest BCUT2D eigenvalue weighted by Crippen LogP contribution is 2.38. The molecule has 12 heteroatoms. The number of nitro groups is 1. The van der Waals surface area contributed by atoms with Crippen molar-refractivity contribution in [2.24, 2.45) is 0 Å². The third-order valence-electron chi connectivity index (χ3n) is 5.14. The number of imidazole rings is 1. The fourth-order valence-electron chi connectivity index (χ4n) is 3.27. The van der Waals surface area contributed by atoms with Gasteiger partial charge in [-0.05, 0) is 32.0 Å². The summed E-state index contributed by atoms with van der Waals surface area (Å²) >= 11 is 12.8. The Balaban J connectivity index is 1.94. The van der Waals surface area contributed by atoms with Gasteiger partial charge in [-0.2, -0.15) is 0 Å². The minimum atomic E-state index is -3.90. The maximum absolute atomic E-state index is 12.5. The van der Waals surface area contributed by atoms with Gasteiger partial charge in [-0.1, -0.05) is 59.6 Å². The highest BCUT2D eigenvalue weighted by atomic mass is 35.5. The summed E-state index contributed by atoms with van der Waals surface area (Å²) in [6.07, 6.45) is 0. The van der Waals surface area contributed by atoms with Gasteiger partial charge in [-0.3, -0.25) is 14.8 Å². The molecule has 2 aromatic heterocycles. The minimum absolute atomic E-state index is 0.234. The SMILES string of the molecule is CC(C)S(=O)(=O)Nc1nc(-c2[nH]c(-c3c(Cl)cccc3Cl)nc2-c2ccccc2)ccc1[N+](=O)[O-]. The molecule has 0 unspecified atom stereocenters. The van der Waals surface area contributed by atoms with E-state index in [0.29, 0.717) is 32.8 Å². The topological polar surface area (TPSA) is 131 Å². The van der Waals surface area contributed by atoms with Crippen LogP contribution in [0, 0.1) is 10.1 Å². The van der Waals surface area contributed by atoms with Crippen LogP contribution in [0.2, 0.25) is 10.0 Å². The monoisotopic (exact) mass is 531 g/mol. The summed E-state index contributed by atoms with van der Waals surface area (Å²) in [6, 6.07) is 16.9. The zero-order chi connectivity index (χ0) is 25.3. The zero-order valence-electron chi connectivity index (χ0n) is 18.5. The molecule has 2 aromatic carbocycles. The van der Waals surface area contributed by atoms with Crippen LogP contribution < -0.4 is 4.72 Å². The molecule has 0 radical (unpaired) electrons. The molecule has 0 saturated carbocycles. The number of H-pyrrole nitrogens is 1. The van der Waals surface area contributed by atoms with Crippen molar-refractivity contribution in [1.29, 1.82) is 0 Å². The van der Waals surface area contributed by atoms with Crippen molar-refractivity contribution in [3.63, 3.8) is 0 Å². The number of benzene rings is 2. The quantitative estimate of drug-likeness (QED) is 0.216. The molecule has 180 valence electrons. The Kier molecular flexibility index (Phi) is 6.79. The van der Waals surface area contributed by atoms with Crippen LogP contribution in [0.3, 0.4) is 0 Å². The lowest BCUT2D eigenvalue weighted by molar-refractivity contribution is -0.384. The predicted octanol–water partition coefficient (Wildman–Crippen LogP) is 6.17. The Morgan fingerprint density at radius 1 is 0.971 bits per heavy atom. The van der Waals surface area contributed by atoms with Gasteiger partial charge in [0.25, 0.3) is 0 Å². The summed E-state index contributed by atoms with van der Waals surface area (Å²) in [5, 5.41) is 11.5. The zero-order valence-corrected chi connectivity index (χ0v) is 20.8. The standard InChI is InChI=1S/C23H19Cl2N5O4S/c1-13(2)35(33,34)29-22-18(30(31)32)12-11-17(26-22)21-20(14-7-4-3-5-8-14)27-23(28-21)19-15(24)9-6-10-16(19)25/h3-13H,1-2H3,(H,26,29)(H,27,28). The largest absolute Gasteiger partial charge is 0.336 e. The first kappa shape index (κ1) is 24.6. The van der Waals surface area contributed by atoms with E-state index in [1.54, 1.807) is 18.2 Å². The number of hydrogen-bond donors (Lipinski definition) is 2. The van der Waals surface area contributed by atoms with Crippen LogP contribution in [0.15, 0.2) is 60.7 Å². The van der Waals surface area contributed by atoms with Crippen molar-refractivity contribution >= 4 is 44.7 Å². The van der Waals surface area contributed by atoms with Gasteiger partial charge >= 0.3 is 5.69 Å². The van der Waals surface area contributed by atoms with Crippen LogP contribution >= 0.6 is 23.2 Å². The molecule has 0 fully saturated rings. The van der Waals surface area contributed by atoms with Gasteiger partial charge in [0, 0.05) is 11.6 Å². The molecule has 4 aromatic rings. The van der Waals surface area contributed by atoms with Crippen molar-refractivity contribution in [3.8, 4) is 34.0 Å². The van der Waals surface area contributed by atoms with E-state index in [4.69, 9.17) is 28.2 Å². The van der Waals surface area contributed by atoms with Crippen LogP contribution in [-0.2, 0) is 10.0 Å². The number of nitrogens with one attached hydrogen (secondary N) is 2. The second kappa shape index (κ2) is 9.65. The van der Waals surface area contributed by atoms with Crippen LogP contribution in [0.4, 0.5) is 11.5 Å². The third-order valence-corrected chi connectivity index (χ3v) is 7.49.